The molecule has 0 amide bonds. The standard InChI is InChI=1S/C9H18N2O2/c1-4-5-6-7-8-10-11-9(2,3)13-12/h4,12H,1,5-8H2,2-3H3. The van der Waals surface area contributed by atoms with Gasteiger partial charge in [0.1, 0.15) is 0 Å². The highest BCUT2D eigenvalue weighted by Crippen LogP contribution is 2.09. The predicted molar refractivity (Wildman–Crippen MR) is 51.6 cm³/mol. The molecule has 0 heterocycles. The summed E-state index contributed by atoms with van der Waals surface area (Å²) in [5, 5.41) is 16.1. The molecule has 0 aliphatic rings. The molecule has 0 fully saturated rings. The first kappa shape index (κ1) is 12.3. The molecule has 0 bridgehead atoms. The lowest BCUT2D eigenvalue weighted by Crippen LogP contribution is -2.18. The maximum atomic E-state index is 8.37. The van der Waals surface area contributed by atoms with Crippen LogP contribution in [0.25, 0.3) is 0 Å². The fourth-order valence-electron chi connectivity index (χ4n) is 0.710. The summed E-state index contributed by atoms with van der Waals surface area (Å²) in [5.41, 5.74) is -0.918. The summed E-state index contributed by atoms with van der Waals surface area (Å²) >= 11 is 0. The number of allylic oxidation sites excluding steroid dienone is 1. The van der Waals surface area contributed by atoms with E-state index in [4.69, 9.17) is 5.26 Å². The van der Waals surface area contributed by atoms with Crippen molar-refractivity contribution in [3.8, 4) is 0 Å². The second-order valence-electron chi connectivity index (χ2n) is 3.29. The Kier molecular flexibility index (Phi) is 6.36. The zero-order valence-corrected chi connectivity index (χ0v) is 8.36. The summed E-state index contributed by atoms with van der Waals surface area (Å²) in [6, 6.07) is 0. The van der Waals surface area contributed by atoms with Gasteiger partial charge in [0.15, 0.2) is 0 Å². The summed E-state index contributed by atoms with van der Waals surface area (Å²) in [5.74, 6) is 0. The topological polar surface area (TPSA) is 54.2 Å². The summed E-state index contributed by atoms with van der Waals surface area (Å²) < 4.78 is 0. The first-order chi connectivity index (χ1) is 6.12. The van der Waals surface area contributed by atoms with Crippen LogP contribution in [-0.2, 0) is 4.89 Å². The summed E-state index contributed by atoms with van der Waals surface area (Å²) in [7, 11) is 0. The molecule has 13 heavy (non-hydrogen) atoms. The van der Waals surface area contributed by atoms with Crippen molar-refractivity contribution in [2.45, 2.75) is 38.8 Å². The highest BCUT2D eigenvalue weighted by Gasteiger charge is 2.15. The van der Waals surface area contributed by atoms with E-state index in [9.17, 15) is 0 Å². The Hall–Kier alpha value is -0.740. The smallest absolute Gasteiger partial charge is 0.206 e. The van der Waals surface area contributed by atoms with E-state index in [1.165, 1.54) is 0 Å². The Morgan fingerprint density at radius 1 is 1.46 bits per heavy atom. The normalized spacial score (nSPS) is 12.2. The SMILES string of the molecule is C=CCCCCN=NC(C)(C)OO. The molecular weight excluding hydrogens is 168 g/mol. The summed E-state index contributed by atoms with van der Waals surface area (Å²) in [6.45, 7) is 7.57. The third-order valence-corrected chi connectivity index (χ3v) is 1.45. The molecule has 0 unspecified atom stereocenters. The van der Waals surface area contributed by atoms with Gasteiger partial charge in [0.05, 0.1) is 6.54 Å². The average molecular weight is 186 g/mol. The van der Waals surface area contributed by atoms with Crippen molar-refractivity contribution < 1.29 is 10.1 Å². The summed E-state index contributed by atoms with van der Waals surface area (Å²) in [6.07, 6.45) is 4.95. The number of azo groups is 1. The minimum Gasteiger partial charge on any atom is -0.249 e. The number of rotatable bonds is 7. The van der Waals surface area contributed by atoms with Crippen molar-refractivity contribution in [1.29, 1.82) is 0 Å². The minimum atomic E-state index is -0.918. The van der Waals surface area contributed by atoms with Crippen LogP contribution >= 0.6 is 0 Å². The van der Waals surface area contributed by atoms with Gasteiger partial charge in [-0.1, -0.05) is 6.08 Å². The molecule has 4 heteroatoms. The Balaban J connectivity index is 3.46. The Labute approximate surface area is 79.3 Å². The van der Waals surface area contributed by atoms with E-state index in [2.05, 4.69) is 21.7 Å². The molecular formula is C9H18N2O2. The van der Waals surface area contributed by atoms with Crippen LogP contribution in [0.2, 0.25) is 0 Å². The molecule has 1 N–H and O–H groups in total. The average Bonchev–Trinajstić information content (AvgIpc) is 2.11. The van der Waals surface area contributed by atoms with E-state index in [0.29, 0.717) is 6.54 Å². The molecule has 0 aliphatic carbocycles. The maximum absolute atomic E-state index is 8.37. The number of unbranched alkanes of at least 4 members (excludes halogenated alkanes) is 2. The maximum Gasteiger partial charge on any atom is 0.206 e. The van der Waals surface area contributed by atoms with Gasteiger partial charge in [-0.05, 0) is 33.1 Å². The van der Waals surface area contributed by atoms with Crippen LogP contribution in [-0.4, -0.2) is 17.5 Å². The van der Waals surface area contributed by atoms with E-state index in [1.807, 2.05) is 6.08 Å². The van der Waals surface area contributed by atoms with Crippen molar-refractivity contribution in [3.05, 3.63) is 12.7 Å². The van der Waals surface area contributed by atoms with Crippen LogP contribution in [0.5, 0.6) is 0 Å². The molecule has 0 aromatic heterocycles. The van der Waals surface area contributed by atoms with E-state index in [-0.39, 0.29) is 0 Å². The monoisotopic (exact) mass is 186 g/mol. The molecule has 0 spiro atoms. The molecule has 0 radical (unpaired) electrons. The quantitative estimate of drug-likeness (QED) is 0.218. The number of hydrogen-bond donors (Lipinski definition) is 1. The number of hydrogen-bond acceptors (Lipinski definition) is 4. The van der Waals surface area contributed by atoms with Crippen molar-refractivity contribution in [1.82, 2.24) is 0 Å². The van der Waals surface area contributed by atoms with Crippen LogP contribution in [0.15, 0.2) is 22.9 Å². The van der Waals surface area contributed by atoms with Crippen LogP contribution in [0.4, 0.5) is 0 Å². The van der Waals surface area contributed by atoms with E-state index in [1.54, 1.807) is 13.8 Å². The first-order valence-electron chi connectivity index (χ1n) is 4.44. The molecule has 0 aliphatic heterocycles. The lowest BCUT2D eigenvalue weighted by atomic mass is 10.2. The van der Waals surface area contributed by atoms with Crippen LogP contribution in [0, 0.1) is 0 Å². The molecule has 0 atom stereocenters. The van der Waals surface area contributed by atoms with Gasteiger partial charge in [0.25, 0.3) is 0 Å². The molecule has 0 saturated carbocycles. The van der Waals surface area contributed by atoms with Gasteiger partial charge in [-0.3, -0.25) is 0 Å². The van der Waals surface area contributed by atoms with Crippen molar-refractivity contribution in [2.75, 3.05) is 6.54 Å². The largest absolute Gasteiger partial charge is 0.249 e. The zero-order valence-electron chi connectivity index (χ0n) is 8.36. The lowest BCUT2D eigenvalue weighted by molar-refractivity contribution is -0.311. The van der Waals surface area contributed by atoms with Crippen molar-refractivity contribution in [2.24, 2.45) is 10.2 Å². The Morgan fingerprint density at radius 3 is 2.69 bits per heavy atom. The fourth-order valence-corrected chi connectivity index (χ4v) is 0.710. The van der Waals surface area contributed by atoms with Gasteiger partial charge in [-0.2, -0.15) is 10.2 Å². The fraction of sp³-hybridized carbons (Fsp3) is 0.778. The Morgan fingerprint density at radius 2 is 2.15 bits per heavy atom. The van der Waals surface area contributed by atoms with Gasteiger partial charge in [0.2, 0.25) is 5.72 Å². The van der Waals surface area contributed by atoms with E-state index < -0.39 is 5.72 Å². The third kappa shape index (κ3) is 7.62. The molecule has 76 valence electrons. The number of nitrogens with zero attached hydrogens (tertiary/aromatic N) is 2. The second-order valence-corrected chi connectivity index (χ2v) is 3.29. The van der Waals surface area contributed by atoms with Crippen LogP contribution in [0.3, 0.4) is 0 Å². The van der Waals surface area contributed by atoms with Gasteiger partial charge < -0.3 is 0 Å². The van der Waals surface area contributed by atoms with Crippen LogP contribution < -0.4 is 0 Å². The van der Waals surface area contributed by atoms with E-state index >= 15 is 0 Å². The predicted octanol–water partition coefficient (Wildman–Crippen LogP) is 3.02. The van der Waals surface area contributed by atoms with Gasteiger partial charge >= 0.3 is 0 Å². The molecule has 0 saturated heterocycles. The van der Waals surface area contributed by atoms with Gasteiger partial charge in [0, 0.05) is 0 Å². The molecule has 0 rings (SSSR count). The highest BCUT2D eigenvalue weighted by atomic mass is 17.1. The molecule has 0 aromatic rings. The van der Waals surface area contributed by atoms with Crippen molar-refractivity contribution >= 4 is 0 Å². The molecule has 0 aromatic carbocycles. The van der Waals surface area contributed by atoms with Crippen LogP contribution in [0.1, 0.15) is 33.1 Å². The molecule has 4 nitrogen and oxygen atoms in total. The third-order valence-electron chi connectivity index (χ3n) is 1.45. The minimum absolute atomic E-state index is 0.667. The van der Waals surface area contributed by atoms with Crippen molar-refractivity contribution in [3.63, 3.8) is 0 Å². The summed E-state index contributed by atoms with van der Waals surface area (Å²) in [4.78, 5) is 4.09. The Bertz CT molecular complexity index is 167. The van der Waals surface area contributed by atoms with Gasteiger partial charge in [-0.25, -0.2) is 10.1 Å². The first-order valence-corrected chi connectivity index (χ1v) is 4.44. The zero-order chi connectivity index (χ0) is 10.2. The highest BCUT2D eigenvalue weighted by molar-refractivity contribution is 4.65. The second kappa shape index (κ2) is 6.74. The van der Waals surface area contributed by atoms with E-state index in [0.717, 1.165) is 19.3 Å². The van der Waals surface area contributed by atoms with Gasteiger partial charge in [-0.15, -0.1) is 6.58 Å². The lowest BCUT2D eigenvalue weighted by Gasteiger charge is -2.11.